The van der Waals surface area contributed by atoms with Gasteiger partial charge >= 0.3 is 0 Å². The molecule has 7 nitrogen and oxygen atoms in total. The van der Waals surface area contributed by atoms with E-state index in [9.17, 15) is 14.4 Å². The summed E-state index contributed by atoms with van der Waals surface area (Å²) in [6.45, 7) is 2.14. The molecule has 0 spiro atoms. The van der Waals surface area contributed by atoms with Crippen LogP contribution in [0.4, 0.5) is 5.69 Å². The number of hydrogen-bond acceptors (Lipinski definition) is 6. The van der Waals surface area contributed by atoms with Crippen molar-refractivity contribution >= 4 is 34.7 Å². The Hall–Kier alpha value is -3.52. The molecule has 0 bridgehead atoms. The summed E-state index contributed by atoms with van der Waals surface area (Å²) in [6, 6.07) is 15.6. The van der Waals surface area contributed by atoms with E-state index in [1.165, 1.54) is 21.8 Å². The van der Waals surface area contributed by atoms with Gasteiger partial charge < -0.3 is 9.80 Å². The molecule has 0 radical (unpaired) electrons. The summed E-state index contributed by atoms with van der Waals surface area (Å²) in [4.78, 5) is 49.0. The molecule has 0 unspecified atom stereocenters. The van der Waals surface area contributed by atoms with Crippen LogP contribution in [0.1, 0.15) is 44.1 Å². The van der Waals surface area contributed by atoms with Gasteiger partial charge in [0.05, 0.1) is 29.3 Å². The Kier molecular flexibility index (Phi) is 6.63. The zero-order chi connectivity index (χ0) is 24.4. The number of benzene rings is 2. The maximum Gasteiger partial charge on any atom is 0.264 e. The van der Waals surface area contributed by atoms with Gasteiger partial charge in [0.25, 0.3) is 11.8 Å². The highest BCUT2D eigenvalue weighted by Crippen LogP contribution is 2.35. The molecule has 35 heavy (non-hydrogen) atoms. The number of imide groups is 1. The second-order valence-electron chi connectivity index (χ2n) is 9.10. The molecule has 1 aromatic heterocycles. The van der Waals surface area contributed by atoms with Crippen molar-refractivity contribution < 1.29 is 14.4 Å². The molecule has 8 heteroatoms. The molecule has 3 heterocycles. The van der Waals surface area contributed by atoms with Crippen molar-refractivity contribution in [1.29, 1.82) is 0 Å². The van der Waals surface area contributed by atoms with E-state index < -0.39 is 0 Å². The van der Waals surface area contributed by atoms with Gasteiger partial charge in [-0.3, -0.25) is 19.3 Å². The number of nitrogens with zero attached hydrogens (tertiary/aromatic N) is 4. The van der Waals surface area contributed by atoms with E-state index in [1.54, 1.807) is 12.3 Å². The van der Waals surface area contributed by atoms with Gasteiger partial charge in [-0.05, 0) is 37.0 Å². The molecule has 1 fully saturated rings. The second-order valence-corrected chi connectivity index (χ2v) is 10.1. The summed E-state index contributed by atoms with van der Waals surface area (Å²) < 4.78 is 0. The Morgan fingerprint density at radius 1 is 1.11 bits per heavy atom. The fourth-order valence-corrected chi connectivity index (χ4v) is 5.55. The molecule has 0 N–H and O–H groups in total. The minimum absolute atomic E-state index is 0.131. The third-order valence-corrected chi connectivity index (χ3v) is 7.58. The van der Waals surface area contributed by atoms with E-state index in [0.29, 0.717) is 24.2 Å². The predicted octanol–water partition coefficient (Wildman–Crippen LogP) is 3.86. The minimum Gasteiger partial charge on any atom is -0.370 e. The van der Waals surface area contributed by atoms with E-state index in [0.717, 1.165) is 36.5 Å². The standard InChI is InChI=1S/C27H28N4O3S/c1-29(15-12-19-7-3-2-4-8-19)25(32)20-9-6-14-30(17-20)22-11-5-10-21-24(22)27(34)31(26(21)33)18-23-28-13-16-35-23/h2-5,7-8,10-11,13,16,20H,6,9,12,14-15,17-18H2,1H3/t20-/m0/s1. The summed E-state index contributed by atoms with van der Waals surface area (Å²) in [5.41, 5.74) is 2.83. The van der Waals surface area contributed by atoms with E-state index in [2.05, 4.69) is 22.0 Å². The van der Waals surface area contributed by atoms with Crippen LogP contribution in [0.15, 0.2) is 60.1 Å². The molecule has 0 aliphatic carbocycles. The van der Waals surface area contributed by atoms with Crippen LogP contribution in [0.3, 0.4) is 0 Å². The number of carbonyl (C=O) groups excluding carboxylic acids is 3. The Morgan fingerprint density at radius 3 is 2.71 bits per heavy atom. The third-order valence-electron chi connectivity index (χ3n) is 6.82. The molecule has 5 rings (SSSR count). The van der Waals surface area contributed by atoms with Gasteiger partial charge in [0.15, 0.2) is 0 Å². The lowest BCUT2D eigenvalue weighted by Crippen LogP contribution is -2.44. The Bertz CT molecular complexity index is 1230. The zero-order valence-corrected chi connectivity index (χ0v) is 20.5. The van der Waals surface area contributed by atoms with E-state index >= 15 is 0 Å². The van der Waals surface area contributed by atoms with E-state index in [1.807, 2.05) is 47.7 Å². The molecule has 2 aromatic carbocycles. The molecule has 2 aliphatic rings. The highest BCUT2D eigenvalue weighted by Gasteiger charge is 2.40. The largest absolute Gasteiger partial charge is 0.370 e. The lowest BCUT2D eigenvalue weighted by atomic mass is 9.94. The number of rotatable bonds is 7. The second kappa shape index (κ2) is 10.00. The van der Waals surface area contributed by atoms with Gasteiger partial charge in [-0.2, -0.15) is 0 Å². The Morgan fingerprint density at radius 2 is 1.94 bits per heavy atom. The van der Waals surface area contributed by atoms with E-state index in [4.69, 9.17) is 0 Å². The molecular formula is C27H28N4O3S. The quantitative estimate of drug-likeness (QED) is 0.472. The van der Waals surface area contributed by atoms with Crippen LogP contribution in [-0.4, -0.2) is 59.2 Å². The van der Waals surface area contributed by atoms with Crippen LogP contribution in [0.5, 0.6) is 0 Å². The lowest BCUT2D eigenvalue weighted by molar-refractivity contribution is -0.134. The fraction of sp³-hybridized carbons (Fsp3) is 0.333. The Labute approximate surface area is 209 Å². The smallest absolute Gasteiger partial charge is 0.264 e. The molecule has 180 valence electrons. The molecule has 2 aliphatic heterocycles. The van der Waals surface area contributed by atoms with Crippen molar-refractivity contribution in [3.05, 3.63) is 81.8 Å². The minimum atomic E-state index is -0.288. The molecule has 1 atom stereocenters. The highest BCUT2D eigenvalue weighted by atomic mass is 32.1. The number of anilines is 1. The van der Waals surface area contributed by atoms with Crippen LogP contribution >= 0.6 is 11.3 Å². The average molecular weight is 489 g/mol. The summed E-state index contributed by atoms with van der Waals surface area (Å²) in [6.07, 6.45) is 4.17. The van der Waals surface area contributed by atoms with Gasteiger partial charge in [0.2, 0.25) is 5.91 Å². The van der Waals surface area contributed by atoms with Crippen LogP contribution in [0.25, 0.3) is 0 Å². The first-order valence-corrected chi connectivity index (χ1v) is 12.8. The maximum atomic E-state index is 13.3. The molecular weight excluding hydrogens is 460 g/mol. The summed E-state index contributed by atoms with van der Waals surface area (Å²) in [5.74, 6) is -0.582. The highest BCUT2D eigenvalue weighted by molar-refractivity contribution is 7.09. The van der Waals surface area contributed by atoms with E-state index in [-0.39, 0.29) is 30.2 Å². The predicted molar refractivity (Wildman–Crippen MR) is 135 cm³/mol. The van der Waals surface area contributed by atoms with Gasteiger partial charge in [-0.1, -0.05) is 36.4 Å². The number of piperidine rings is 1. The van der Waals surface area contributed by atoms with Crippen molar-refractivity contribution in [1.82, 2.24) is 14.8 Å². The number of fused-ring (bicyclic) bond motifs is 1. The number of aromatic nitrogens is 1. The van der Waals surface area contributed by atoms with Crippen LogP contribution in [0, 0.1) is 5.92 Å². The number of carbonyl (C=O) groups is 3. The zero-order valence-electron chi connectivity index (χ0n) is 19.7. The van der Waals surface area contributed by atoms with Crippen LogP contribution < -0.4 is 4.90 Å². The number of hydrogen-bond donors (Lipinski definition) is 0. The van der Waals surface area contributed by atoms with Gasteiger partial charge in [-0.15, -0.1) is 11.3 Å². The lowest BCUT2D eigenvalue weighted by Gasteiger charge is -2.36. The summed E-state index contributed by atoms with van der Waals surface area (Å²) in [7, 11) is 1.86. The number of amides is 3. The fourth-order valence-electron chi connectivity index (χ4n) is 4.95. The van der Waals surface area contributed by atoms with Crippen molar-refractivity contribution in [2.45, 2.75) is 25.8 Å². The van der Waals surface area contributed by atoms with Crippen molar-refractivity contribution in [3.63, 3.8) is 0 Å². The van der Waals surface area contributed by atoms with Gasteiger partial charge in [-0.25, -0.2) is 4.98 Å². The Balaban J connectivity index is 1.30. The average Bonchev–Trinajstić information content (AvgIpc) is 3.50. The first-order valence-electron chi connectivity index (χ1n) is 11.9. The van der Waals surface area contributed by atoms with Gasteiger partial charge in [0.1, 0.15) is 5.01 Å². The van der Waals surface area contributed by atoms with Crippen molar-refractivity contribution in [2.24, 2.45) is 5.92 Å². The monoisotopic (exact) mass is 488 g/mol. The molecule has 0 saturated carbocycles. The van der Waals surface area contributed by atoms with Crippen LogP contribution in [-0.2, 0) is 17.8 Å². The van der Waals surface area contributed by atoms with Crippen LogP contribution in [0.2, 0.25) is 0 Å². The number of thiazole rings is 1. The third kappa shape index (κ3) is 4.71. The molecule has 3 amide bonds. The summed E-state index contributed by atoms with van der Waals surface area (Å²) >= 11 is 1.42. The topological polar surface area (TPSA) is 73.8 Å². The molecule has 3 aromatic rings. The van der Waals surface area contributed by atoms with Gasteiger partial charge in [0, 0.05) is 38.3 Å². The molecule has 1 saturated heterocycles. The first-order chi connectivity index (χ1) is 17.0. The number of likely N-dealkylation sites (N-methyl/N-ethyl adjacent to an activating group) is 1. The first kappa shape index (κ1) is 23.2. The van der Waals surface area contributed by atoms with Crippen molar-refractivity contribution in [2.75, 3.05) is 31.6 Å². The maximum absolute atomic E-state index is 13.3. The van der Waals surface area contributed by atoms with Crippen molar-refractivity contribution in [3.8, 4) is 0 Å². The SMILES string of the molecule is CN(CCc1ccccc1)C(=O)[C@H]1CCCN(c2cccc3c2C(=O)N(Cc2nccs2)C3=O)C1. The normalized spacial score (nSPS) is 17.6. The summed E-state index contributed by atoms with van der Waals surface area (Å²) in [5, 5.41) is 2.56.